The predicted molar refractivity (Wildman–Crippen MR) is 107 cm³/mol. The fourth-order valence-corrected chi connectivity index (χ4v) is 4.58. The third-order valence-electron chi connectivity index (χ3n) is 5.81. The highest BCUT2D eigenvalue weighted by Gasteiger charge is 2.26. The second-order valence-corrected chi connectivity index (χ2v) is 8.21. The first-order chi connectivity index (χ1) is 13.2. The third kappa shape index (κ3) is 2.87. The Kier molecular flexibility index (Phi) is 4.23. The summed E-state index contributed by atoms with van der Waals surface area (Å²) in [5.41, 5.74) is 6.59. The molecule has 142 valence electrons. The standard InChI is InChI=1S/C21H27N5O/c1-13(2)11-16-14-5-3-4-6-15(14)17-18-19(27-21(17)25-16)20(24-12-23-18)26-9-7-22-8-10-26/h12-13,22H,3-11H2,1-2H3. The molecule has 1 aliphatic heterocycles. The average Bonchev–Trinajstić information content (AvgIpc) is 3.07. The Morgan fingerprint density at radius 2 is 1.89 bits per heavy atom. The van der Waals surface area contributed by atoms with Crippen molar-refractivity contribution in [2.24, 2.45) is 5.92 Å². The van der Waals surface area contributed by atoms with Gasteiger partial charge >= 0.3 is 0 Å². The van der Waals surface area contributed by atoms with Crippen LogP contribution in [0.15, 0.2) is 10.7 Å². The van der Waals surface area contributed by atoms with Gasteiger partial charge in [0, 0.05) is 31.9 Å². The zero-order chi connectivity index (χ0) is 18.4. The molecule has 0 spiro atoms. The summed E-state index contributed by atoms with van der Waals surface area (Å²) in [5, 5.41) is 4.53. The van der Waals surface area contributed by atoms with E-state index in [1.54, 1.807) is 6.33 Å². The molecule has 3 aromatic heterocycles. The van der Waals surface area contributed by atoms with Crippen LogP contribution in [0.4, 0.5) is 5.82 Å². The van der Waals surface area contributed by atoms with Gasteiger partial charge in [0.15, 0.2) is 11.4 Å². The lowest BCUT2D eigenvalue weighted by molar-refractivity contribution is 0.577. The van der Waals surface area contributed by atoms with Crippen LogP contribution in [0.1, 0.15) is 43.5 Å². The molecule has 6 heteroatoms. The van der Waals surface area contributed by atoms with Crippen molar-refractivity contribution in [3.05, 3.63) is 23.1 Å². The first-order valence-corrected chi connectivity index (χ1v) is 10.3. The van der Waals surface area contributed by atoms with E-state index in [0.29, 0.717) is 5.92 Å². The number of piperazine rings is 1. The number of nitrogens with one attached hydrogen (secondary N) is 1. The van der Waals surface area contributed by atoms with E-state index in [1.807, 2.05) is 0 Å². The summed E-state index contributed by atoms with van der Waals surface area (Å²) >= 11 is 0. The Bertz CT molecular complexity index is 987. The molecule has 6 nitrogen and oxygen atoms in total. The van der Waals surface area contributed by atoms with Gasteiger partial charge in [-0.2, -0.15) is 0 Å². The molecular formula is C21H27N5O. The van der Waals surface area contributed by atoms with Gasteiger partial charge in [0.05, 0.1) is 5.39 Å². The normalized spacial score (nSPS) is 17.8. The Balaban J connectivity index is 1.74. The molecule has 4 heterocycles. The second kappa shape index (κ2) is 6.75. The van der Waals surface area contributed by atoms with E-state index in [9.17, 15) is 0 Å². The summed E-state index contributed by atoms with van der Waals surface area (Å²) < 4.78 is 6.33. The van der Waals surface area contributed by atoms with Crippen molar-refractivity contribution in [2.75, 3.05) is 31.1 Å². The number of hydrogen-bond acceptors (Lipinski definition) is 6. The van der Waals surface area contributed by atoms with Crippen LogP contribution in [0.3, 0.4) is 0 Å². The van der Waals surface area contributed by atoms with Crippen LogP contribution >= 0.6 is 0 Å². The van der Waals surface area contributed by atoms with Crippen molar-refractivity contribution < 1.29 is 4.42 Å². The van der Waals surface area contributed by atoms with Crippen LogP contribution in [-0.2, 0) is 19.3 Å². The van der Waals surface area contributed by atoms with E-state index in [-0.39, 0.29) is 0 Å². The number of aryl methyl sites for hydroxylation is 1. The molecule has 0 aromatic carbocycles. The van der Waals surface area contributed by atoms with E-state index in [2.05, 4.69) is 34.0 Å². The summed E-state index contributed by atoms with van der Waals surface area (Å²) in [5.74, 6) is 1.50. The number of furan rings is 1. The molecule has 0 bridgehead atoms. The van der Waals surface area contributed by atoms with Gasteiger partial charge in [-0.1, -0.05) is 13.8 Å². The lowest BCUT2D eigenvalue weighted by Crippen LogP contribution is -2.43. The summed E-state index contributed by atoms with van der Waals surface area (Å²) in [7, 11) is 0. The van der Waals surface area contributed by atoms with Gasteiger partial charge < -0.3 is 14.6 Å². The monoisotopic (exact) mass is 365 g/mol. The van der Waals surface area contributed by atoms with Gasteiger partial charge in [-0.05, 0) is 49.1 Å². The molecular weight excluding hydrogens is 338 g/mol. The van der Waals surface area contributed by atoms with E-state index in [0.717, 1.165) is 73.5 Å². The minimum absolute atomic E-state index is 0.585. The molecule has 0 atom stereocenters. The van der Waals surface area contributed by atoms with Gasteiger partial charge in [-0.25, -0.2) is 15.0 Å². The maximum Gasteiger partial charge on any atom is 0.229 e. The minimum atomic E-state index is 0.585. The fraction of sp³-hybridized carbons (Fsp3) is 0.571. The molecule has 1 N–H and O–H groups in total. The Labute approximate surface area is 159 Å². The van der Waals surface area contributed by atoms with Gasteiger partial charge in [-0.15, -0.1) is 0 Å². The number of rotatable bonds is 3. The van der Waals surface area contributed by atoms with Crippen LogP contribution in [0.2, 0.25) is 0 Å². The Morgan fingerprint density at radius 3 is 2.67 bits per heavy atom. The topological polar surface area (TPSA) is 67.1 Å². The average molecular weight is 365 g/mol. The first-order valence-electron chi connectivity index (χ1n) is 10.3. The summed E-state index contributed by atoms with van der Waals surface area (Å²) in [6.45, 7) is 8.33. The zero-order valence-corrected chi connectivity index (χ0v) is 16.2. The molecule has 3 aromatic rings. The molecule has 1 fully saturated rings. The summed E-state index contributed by atoms with van der Waals surface area (Å²) in [6, 6.07) is 0. The van der Waals surface area contributed by atoms with Crippen molar-refractivity contribution in [3.8, 4) is 0 Å². The van der Waals surface area contributed by atoms with Crippen LogP contribution in [0.5, 0.6) is 0 Å². The van der Waals surface area contributed by atoms with Gasteiger partial charge in [0.1, 0.15) is 11.8 Å². The first kappa shape index (κ1) is 16.9. The highest BCUT2D eigenvalue weighted by atomic mass is 16.3. The Hall–Kier alpha value is -2.21. The zero-order valence-electron chi connectivity index (χ0n) is 16.2. The van der Waals surface area contributed by atoms with Crippen LogP contribution in [0.25, 0.3) is 22.2 Å². The molecule has 0 unspecified atom stereocenters. The van der Waals surface area contributed by atoms with Crippen LogP contribution in [0, 0.1) is 5.92 Å². The number of hydrogen-bond donors (Lipinski definition) is 1. The number of fused-ring (bicyclic) bond motifs is 5. The molecule has 0 radical (unpaired) electrons. The molecule has 5 rings (SSSR count). The predicted octanol–water partition coefficient (Wildman–Crippen LogP) is 3.26. The van der Waals surface area contributed by atoms with Crippen LogP contribution in [-0.4, -0.2) is 41.1 Å². The maximum absolute atomic E-state index is 6.33. The SMILES string of the molecule is CC(C)Cc1nc2oc3c(N4CCNCC4)ncnc3c2c2c1CCCC2. The number of anilines is 1. The second-order valence-electron chi connectivity index (χ2n) is 8.21. The Morgan fingerprint density at radius 1 is 1.11 bits per heavy atom. The van der Waals surface area contributed by atoms with Gasteiger partial charge in [0.25, 0.3) is 0 Å². The van der Waals surface area contributed by atoms with E-state index >= 15 is 0 Å². The van der Waals surface area contributed by atoms with Crippen molar-refractivity contribution in [3.63, 3.8) is 0 Å². The number of aromatic nitrogens is 3. The third-order valence-corrected chi connectivity index (χ3v) is 5.81. The van der Waals surface area contributed by atoms with Gasteiger partial charge in [0.2, 0.25) is 5.71 Å². The molecule has 1 aliphatic carbocycles. The molecule has 0 saturated carbocycles. The van der Waals surface area contributed by atoms with Crippen molar-refractivity contribution in [2.45, 2.75) is 46.0 Å². The molecule has 2 aliphatic rings. The summed E-state index contributed by atoms with van der Waals surface area (Å²) in [6.07, 6.45) is 7.40. The van der Waals surface area contributed by atoms with Crippen molar-refractivity contribution in [1.82, 2.24) is 20.3 Å². The number of pyridine rings is 1. The van der Waals surface area contributed by atoms with E-state index in [4.69, 9.17) is 9.40 Å². The van der Waals surface area contributed by atoms with Crippen LogP contribution < -0.4 is 10.2 Å². The van der Waals surface area contributed by atoms with Gasteiger partial charge in [-0.3, -0.25) is 0 Å². The fourth-order valence-electron chi connectivity index (χ4n) is 4.58. The quantitative estimate of drug-likeness (QED) is 0.768. The van der Waals surface area contributed by atoms with Crippen molar-refractivity contribution >= 4 is 28.0 Å². The van der Waals surface area contributed by atoms with E-state index in [1.165, 1.54) is 29.7 Å². The largest absolute Gasteiger partial charge is 0.432 e. The van der Waals surface area contributed by atoms with E-state index < -0.39 is 0 Å². The maximum atomic E-state index is 6.33. The minimum Gasteiger partial charge on any atom is -0.432 e. The smallest absolute Gasteiger partial charge is 0.229 e. The molecule has 0 amide bonds. The summed E-state index contributed by atoms with van der Waals surface area (Å²) in [4.78, 5) is 16.5. The number of nitrogens with zero attached hydrogens (tertiary/aromatic N) is 4. The van der Waals surface area contributed by atoms with Crippen molar-refractivity contribution in [1.29, 1.82) is 0 Å². The highest BCUT2D eigenvalue weighted by molar-refractivity contribution is 6.06. The molecule has 1 saturated heterocycles. The lowest BCUT2D eigenvalue weighted by Gasteiger charge is -2.27. The highest BCUT2D eigenvalue weighted by Crippen LogP contribution is 2.38. The molecule has 27 heavy (non-hydrogen) atoms. The lowest BCUT2D eigenvalue weighted by atomic mass is 9.87.